The summed E-state index contributed by atoms with van der Waals surface area (Å²) in [7, 11) is 0. The molecule has 3 amide bonds. The van der Waals surface area contributed by atoms with E-state index < -0.39 is 184 Å². The number of amides is 3. The fourth-order valence-corrected chi connectivity index (χ4v) is 5.73. The van der Waals surface area contributed by atoms with Crippen LogP contribution in [0.25, 0.3) is 0 Å². The lowest BCUT2D eigenvalue weighted by Crippen LogP contribution is -2.61. The Hall–Kier alpha value is -10.9. The maximum atomic E-state index is 15.1. The lowest BCUT2D eigenvalue weighted by molar-refractivity contribution is -0.146. The molecule has 0 aliphatic rings. The van der Waals surface area contributed by atoms with Crippen molar-refractivity contribution in [2.45, 2.75) is 56.1 Å². The Bertz CT molecular complexity index is 2550. The summed E-state index contributed by atoms with van der Waals surface area (Å²) in [6, 6.07) is 0. The number of ether oxygens (including phenoxy) is 12. The number of hydrogen-bond acceptors (Lipinski definition) is 27. The number of carbonyl (C=O) groups is 12. The molecule has 0 aliphatic heterocycles. The van der Waals surface area contributed by atoms with E-state index in [1.54, 1.807) is 0 Å². The van der Waals surface area contributed by atoms with Gasteiger partial charge in [-0.2, -0.15) is 0 Å². The second-order valence-corrected chi connectivity index (χ2v) is 17.0. The summed E-state index contributed by atoms with van der Waals surface area (Å²) in [6.07, 6.45) is -7.56. The number of esters is 9. The van der Waals surface area contributed by atoms with Gasteiger partial charge in [0.1, 0.15) is 76.1 Å². The zero-order valence-electron chi connectivity index (χ0n) is 45.5. The number of aromatic nitrogens is 3. The van der Waals surface area contributed by atoms with E-state index in [0.717, 1.165) is 20.8 Å². The molecule has 1 aromatic rings. The van der Waals surface area contributed by atoms with Crippen molar-refractivity contribution in [1.82, 2.24) is 29.7 Å². The van der Waals surface area contributed by atoms with Crippen molar-refractivity contribution in [3.05, 3.63) is 145 Å². The summed E-state index contributed by atoms with van der Waals surface area (Å²) in [5, 5.41) is 6.49. The molecule has 3 atom stereocenters. The molecule has 3 N–H and O–H groups in total. The van der Waals surface area contributed by atoms with Crippen molar-refractivity contribution in [3.8, 4) is 0 Å². The average molecular weight is 1190 g/mol. The smallest absolute Gasteiger partial charge is 0.409 e. The molecular formula is C51H60N6O27. The van der Waals surface area contributed by atoms with Crippen LogP contribution in [-0.2, 0) is 100.0 Å². The maximum Gasteiger partial charge on any atom is 0.409 e. The van der Waals surface area contributed by atoms with E-state index in [1.807, 2.05) is 0 Å². The van der Waals surface area contributed by atoms with Gasteiger partial charge in [-0.05, 0) is 20.8 Å². The van der Waals surface area contributed by atoms with Crippen molar-refractivity contribution >= 4 is 72.0 Å². The Morgan fingerprint density at radius 2 is 0.488 bits per heavy atom. The van der Waals surface area contributed by atoms with Gasteiger partial charge < -0.3 is 72.8 Å². The fourth-order valence-electron chi connectivity index (χ4n) is 5.73. The summed E-state index contributed by atoms with van der Waals surface area (Å²) in [5.41, 5.74) is -12.3. The van der Waals surface area contributed by atoms with E-state index in [1.165, 1.54) is 0 Å². The lowest BCUT2D eigenvalue weighted by Gasteiger charge is -2.31. The van der Waals surface area contributed by atoms with Crippen molar-refractivity contribution in [2.75, 3.05) is 59.5 Å². The molecule has 0 bridgehead atoms. The van der Waals surface area contributed by atoms with Gasteiger partial charge in [-0.3, -0.25) is 0 Å². The minimum Gasteiger partial charge on any atom is -0.460 e. The third-order valence-corrected chi connectivity index (χ3v) is 9.84. The minimum absolute atomic E-state index is 0.238. The van der Waals surface area contributed by atoms with Crippen LogP contribution >= 0.6 is 0 Å². The highest BCUT2D eigenvalue weighted by molar-refractivity contribution is 5.84. The largest absolute Gasteiger partial charge is 0.460 e. The van der Waals surface area contributed by atoms with Crippen LogP contribution < -0.4 is 33.0 Å². The second kappa shape index (κ2) is 34.3. The first kappa shape index (κ1) is 71.1. The van der Waals surface area contributed by atoms with Crippen molar-refractivity contribution in [1.29, 1.82) is 0 Å². The Balaban J connectivity index is 4.75. The fraction of sp³-hybridized carbons (Fsp3) is 0.353. The van der Waals surface area contributed by atoms with Gasteiger partial charge >= 0.3 is 89.1 Å². The highest BCUT2D eigenvalue weighted by Gasteiger charge is 2.39. The van der Waals surface area contributed by atoms with E-state index in [0.29, 0.717) is 54.7 Å². The number of hydrogen-bond donors (Lipinski definition) is 3. The van der Waals surface area contributed by atoms with Gasteiger partial charge in [-0.25, -0.2) is 85.6 Å². The third kappa shape index (κ3) is 23.8. The molecule has 0 spiro atoms. The molecule has 1 heterocycles. The summed E-state index contributed by atoms with van der Waals surface area (Å²) < 4.78 is 60.9. The van der Waals surface area contributed by atoms with Crippen molar-refractivity contribution in [2.24, 2.45) is 0 Å². The number of nitrogens with one attached hydrogen (secondary N) is 3. The highest BCUT2D eigenvalue weighted by atomic mass is 16.6. The van der Waals surface area contributed by atoms with Crippen molar-refractivity contribution in [3.63, 3.8) is 0 Å². The molecule has 0 aliphatic carbocycles. The first-order chi connectivity index (χ1) is 39.5. The van der Waals surface area contributed by atoms with Crippen LogP contribution in [0.4, 0.5) is 14.4 Å². The van der Waals surface area contributed by atoms with Gasteiger partial charge in [-0.1, -0.05) is 59.2 Å². The molecule has 0 saturated heterocycles. The molecule has 33 nitrogen and oxygen atoms in total. The molecule has 0 aromatic carbocycles. The standard InChI is InChI=1S/C51H60N6O27/c1-13-34(58)73-22-31(82-43(67)52-49(10,25-76-37(61)16-4)26-77-38(62)17-5)55-46(70)56(32(23-74-35(59)14-2)83-44(68)53-50(11,27-78-39(63)18-6)28-79-40(64)19-7)48(72)57(47(55)71)33(24-75-36(60)15-3)84-45(69)54-51(12,29-80-41(65)20-8)30-81-42(66)21-9/h13-21,31-33H,1-9,22-30H2,10-12H3,(H,52,67)(H,53,68)(H,54,69). The SMILES string of the molecule is C=CC(=O)OCC(OC(=O)NC(C)(COC(=O)C=C)COC(=O)C=C)n1c(=O)n(C(COC(=O)C=C)OC(=O)NC(C)(COC(=O)C=C)COC(=O)C=C)c(=O)n(C(COC(=O)C=C)OC(=O)NC(C)(COC(=O)C=C)COC(=O)C=C)c1=O. The number of alkyl carbamates (subject to hydrolysis) is 3. The van der Waals surface area contributed by atoms with Crippen LogP contribution in [0.2, 0.25) is 0 Å². The quantitative estimate of drug-likeness (QED) is 0.0440. The molecule has 1 rings (SSSR count). The Morgan fingerprint density at radius 1 is 0.333 bits per heavy atom. The Kier molecular flexibility index (Phi) is 29.0. The first-order valence-corrected chi connectivity index (χ1v) is 23.6. The summed E-state index contributed by atoms with van der Waals surface area (Å²) in [4.78, 5) is 198. The zero-order valence-corrected chi connectivity index (χ0v) is 45.5. The molecule has 84 heavy (non-hydrogen) atoms. The van der Waals surface area contributed by atoms with E-state index >= 15 is 14.4 Å². The Labute approximate surface area is 475 Å². The topological polar surface area (TPSA) is 418 Å². The van der Waals surface area contributed by atoms with Crippen LogP contribution in [0.5, 0.6) is 0 Å². The lowest BCUT2D eigenvalue weighted by atomic mass is 10.1. The molecular weight excluding hydrogens is 1130 g/mol. The van der Waals surface area contributed by atoms with Gasteiger partial charge in [0.05, 0.1) is 0 Å². The van der Waals surface area contributed by atoms with E-state index in [4.69, 9.17) is 56.8 Å². The molecule has 0 fully saturated rings. The van der Waals surface area contributed by atoms with E-state index in [2.05, 4.69) is 75.2 Å². The normalized spacial score (nSPS) is 11.8. The van der Waals surface area contributed by atoms with Gasteiger partial charge in [0.2, 0.25) is 18.7 Å². The number of rotatable bonds is 36. The van der Waals surface area contributed by atoms with Crippen LogP contribution in [0, 0.1) is 0 Å². The molecule has 0 saturated carbocycles. The summed E-state index contributed by atoms with van der Waals surface area (Å²) in [5.74, 6) is -10.5. The zero-order chi connectivity index (χ0) is 64.0. The summed E-state index contributed by atoms with van der Waals surface area (Å²) >= 11 is 0. The van der Waals surface area contributed by atoms with Crippen LogP contribution in [-0.4, -0.2) is 162 Å². The van der Waals surface area contributed by atoms with Crippen LogP contribution in [0.1, 0.15) is 39.5 Å². The first-order valence-electron chi connectivity index (χ1n) is 23.6. The molecule has 1 aromatic heterocycles. The van der Waals surface area contributed by atoms with Gasteiger partial charge in [-0.15, -0.1) is 0 Å². The van der Waals surface area contributed by atoms with Crippen LogP contribution in [0.3, 0.4) is 0 Å². The summed E-state index contributed by atoms with van der Waals surface area (Å²) in [6.45, 7) is 23.0. The third-order valence-electron chi connectivity index (χ3n) is 9.84. The number of nitrogens with zero attached hydrogens (tertiary/aromatic N) is 3. The maximum absolute atomic E-state index is 15.1. The average Bonchev–Trinajstić information content (AvgIpc) is 1.78. The predicted octanol–water partition coefficient (Wildman–Crippen LogP) is -0.315. The second-order valence-electron chi connectivity index (χ2n) is 17.0. The number of carbonyl (C=O) groups excluding carboxylic acids is 12. The molecule has 0 radical (unpaired) electrons. The minimum atomic E-state index is -2.72. The van der Waals surface area contributed by atoms with Crippen LogP contribution in [0.15, 0.2) is 128 Å². The predicted molar refractivity (Wildman–Crippen MR) is 281 cm³/mol. The van der Waals surface area contributed by atoms with E-state index in [9.17, 15) is 57.5 Å². The Morgan fingerprint density at radius 3 is 0.643 bits per heavy atom. The van der Waals surface area contributed by atoms with Crippen molar-refractivity contribution < 1.29 is 114 Å². The molecule has 3 unspecified atom stereocenters. The highest BCUT2D eigenvalue weighted by Crippen LogP contribution is 2.17. The van der Waals surface area contributed by atoms with Gasteiger partial charge in [0, 0.05) is 54.7 Å². The molecule has 456 valence electrons. The monoisotopic (exact) mass is 1190 g/mol. The van der Waals surface area contributed by atoms with E-state index in [-0.39, 0.29) is 13.7 Å². The molecule has 33 heteroatoms. The van der Waals surface area contributed by atoms with Gasteiger partial charge in [0.15, 0.2) is 0 Å². The van der Waals surface area contributed by atoms with Gasteiger partial charge in [0.25, 0.3) is 0 Å².